The van der Waals surface area contributed by atoms with Crippen molar-refractivity contribution in [3.8, 4) is 11.5 Å². The lowest BCUT2D eigenvalue weighted by atomic mass is 10.2. The van der Waals surface area contributed by atoms with Gasteiger partial charge in [-0.15, -0.1) is 0 Å². The number of nitrogens with one attached hydrogen (secondary N) is 1. The minimum Gasteiger partial charge on any atom is -0.494 e. The molecule has 1 N–H and O–H groups in total. The number of rotatable bonds is 8. The minimum absolute atomic E-state index is 0.142. The van der Waals surface area contributed by atoms with Crippen LogP contribution in [0.15, 0.2) is 54.6 Å². The molecule has 1 atom stereocenters. The molecule has 0 aliphatic carbocycles. The Bertz CT molecular complexity index is 528. The summed E-state index contributed by atoms with van der Waals surface area (Å²) in [5, 5.41) is 3.41. The fourth-order valence-electron chi connectivity index (χ4n) is 2.06. The van der Waals surface area contributed by atoms with Crippen LogP contribution >= 0.6 is 0 Å². The summed E-state index contributed by atoms with van der Waals surface area (Å²) in [5.41, 5.74) is 1.05. The summed E-state index contributed by atoms with van der Waals surface area (Å²) >= 11 is 0. The van der Waals surface area contributed by atoms with Gasteiger partial charge in [0.05, 0.1) is 13.2 Å². The largest absolute Gasteiger partial charge is 0.494 e. The van der Waals surface area contributed by atoms with Crippen molar-refractivity contribution in [2.45, 2.75) is 26.4 Å². The molecule has 1 unspecified atom stereocenters. The molecular weight excluding hydrogens is 262 g/mol. The van der Waals surface area contributed by atoms with Crippen LogP contribution < -0.4 is 14.8 Å². The maximum absolute atomic E-state index is 5.97. The second-order valence-electron chi connectivity index (χ2n) is 4.80. The van der Waals surface area contributed by atoms with Gasteiger partial charge in [-0.05, 0) is 37.6 Å². The number of benzene rings is 2. The average molecular weight is 285 g/mol. The molecule has 0 heterocycles. The molecule has 2 rings (SSSR count). The molecule has 0 saturated carbocycles. The number of hydrogen-bond acceptors (Lipinski definition) is 3. The topological polar surface area (TPSA) is 30.5 Å². The maximum atomic E-state index is 5.97. The molecule has 21 heavy (non-hydrogen) atoms. The van der Waals surface area contributed by atoms with Crippen molar-refractivity contribution in [2.24, 2.45) is 0 Å². The SMILES string of the molecule is CCOc1cccc(NCC(CC)Oc2ccccc2)c1. The van der Waals surface area contributed by atoms with Crippen molar-refractivity contribution in [2.75, 3.05) is 18.5 Å². The lowest BCUT2D eigenvalue weighted by Gasteiger charge is -2.19. The highest BCUT2D eigenvalue weighted by molar-refractivity contribution is 5.48. The van der Waals surface area contributed by atoms with Crippen molar-refractivity contribution in [3.05, 3.63) is 54.6 Å². The first-order valence-electron chi connectivity index (χ1n) is 7.50. The molecule has 112 valence electrons. The Balaban J connectivity index is 1.89. The Morgan fingerprint density at radius 3 is 2.43 bits per heavy atom. The predicted molar refractivity (Wildman–Crippen MR) is 87.2 cm³/mol. The van der Waals surface area contributed by atoms with Crippen LogP contribution in [-0.4, -0.2) is 19.3 Å². The Hall–Kier alpha value is -2.16. The number of hydrogen-bond donors (Lipinski definition) is 1. The number of para-hydroxylation sites is 1. The summed E-state index contributed by atoms with van der Waals surface area (Å²) in [4.78, 5) is 0. The Kier molecular flexibility index (Phi) is 5.95. The second-order valence-corrected chi connectivity index (χ2v) is 4.80. The Morgan fingerprint density at radius 1 is 0.952 bits per heavy atom. The van der Waals surface area contributed by atoms with Crippen LogP contribution in [0.1, 0.15) is 20.3 Å². The highest BCUT2D eigenvalue weighted by Crippen LogP contribution is 2.18. The van der Waals surface area contributed by atoms with Crippen LogP contribution in [0.2, 0.25) is 0 Å². The van der Waals surface area contributed by atoms with E-state index in [9.17, 15) is 0 Å². The van der Waals surface area contributed by atoms with E-state index in [1.807, 2.05) is 61.5 Å². The van der Waals surface area contributed by atoms with E-state index < -0.39 is 0 Å². The first kappa shape index (κ1) is 15.2. The van der Waals surface area contributed by atoms with E-state index in [0.717, 1.165) is 30.2 Å². The highest BCUT2D eigenvalue weighted by Gasteiger charge is 2.08. The summed E-state index contributed by atoms with van der Waals surface area (Å²) < 4.78 is 11.5. The monoisotopic (exact) mass is 285 g/mol. The van der Waals surface area contributed by atoms with Gasteiger partial charge < -0.3 is 14.8 Å². The van der Waals surface area contributed by atoms with Crippen molar-refractivity contribution in [3.63, 3.8) is 0 Å². The van der Waals surface area contributed by atoms with E-state index in [1.165, 1.54) is 0 Å². The molecule has 0 aliphatic rings. The molecule has 0 saturated heterocycles. The summed E-state index contributed by atoms with van der Waals surface area (Å²) in [6, 6.07) is 17.9. The van der Waals surface area contributed by atoms with Crippen LogP contribution in [-0.2, 0) is 0 Å². The molecule has 0 spiro atoms. The van der Waals surface area contributed by atoms with E-state index in [2.05, 4.69) is 12.2 Å². The highest BCUT2D eigenvalue weighted by atomic mass is 16.5. The van der Waals surface area contributed by atoms with E-state index >= 15 is 0 Å². The van der Waals surface area contributed by atoms with Gasteiger partial charge in [-0.3, -0.25) is 0 Å². The van der Waals surface area contributed by atoms with E-state index in [1.54, 1.807) is 0 Å². The van der Waals surface area contributed by atoms with Crippen molar-refractivity contribution < 1.29 is 9.47 Å². The molecule has 2 aromatic rings. The predicted octanol–water partition coefficient (Wildman–Crippen LogP) is 4.35. The average Bonchev–Trinajstić information content (AvgIpc) is 2.53. The first-order chi connectivity index (χ1) is 10.3. The third-order valence-corrected chi connectivity index (χ3v) is 3.18. The van der Waals surface area contributed by atoms with Gasteiger partial charge in [0.1, 0.15) is 17.6 Å². The molecule has 2 aromatic carbocycles. The lowest BCUT2D eigenvalue weighted by molar-refractivity contribution is 0.210. The van der Waals surface area contributed by atoms with Gasteiger partial charge in [0.2, 0.25) is 0 Å². The maximum Gasteiger partial charge on any atom is 0.121 e. The molecule has 0 bridgehead atoms. The van der Waals surface area contributed by atoms with Gasteiger partial charge in [0, 0.05) is 11.8 Å². The van der Waals surface area contributed by atoms with Gasteiger partial charge in [0.15, 0.2) is 0 Å². The summed E-state index contributed by atoms with van der Waals surface area (Å²) in [6.07, 6.45) is 1.09. The Labute approximate surface area is 126 Å². The zero-order valence-corrected chi connectivity index (χ0v) is 12.7. The van der Waals surface area contributed by atoms with E-state index in [0.29, 0.717) is 6.61 Å². The summed E-state index contributed by atoms with van der Waals surface area (Å²) in [5.74, 6) is 1.80. The van der Waals surface area contributed by atoms with Crippen LogP contribution in [0.25, 0.3) is 0 Å². The smallest absolute Gasteiger partial charge is 0.121 e. The van der Waals surface area contributed by atoms with E-state index in [4.69, 9.17) is 9.47 Å². The van der Waals surface area contributed by atoms with Crippen molar-refractivity contribution >= 4 is 5.69 Å². The molecule has 0 aromatic heterocycles. The molecule has 0 fully saturated rings. The molecule has 3 nitrogen and oxygen atoms in total. The molecule has 3 heteroatoms. The Morgan fingerprint density at radius 2 is 1.71 bits per heavy atom. The summed E-state index contributed by atoms with van der Waals surface area (Å²) in [6.45, 7) is 5.56. The van der Waals surface area contributed by atoms with Gasteiger partial charge in [-0.2, -0.15) is 0 Å². The van der Waals surface area contributed by atoms with Gasteiger partial charge in [-0.1, -0.05) is 31.2 Å². The van der Waals surface area contributed by atoms with Gasteiger partial charge in [-0.25, -0.2) is 0 Å². The molecule has 0 radical (unpaired) electrons. The zero-order valence-electron chi connectivity index (χ0n) is 12.7. The van der Waals surface area contributed by atoms with Crippen LogP contribution in [0.3, 0.4) is 0 Å². The van der Waals surface area contributed by atoms with Crippen LogP contribution in [0.4, 0.5) is 5.69 Å². The van der Waals surface area contributed by atoms with Gasteiger partial charge >= 0.3 is 0 Å². The van der Waals surface area contributed by atoms with Crippen LogP contribution in [0, 0.1) is 0 Å². The zero-order chi connectivity index (χ0) is 14.9. The molecular formula is C18H23NO2. The molecule has 0 amide bonds. The van der Waals surface area contributed by atoms with Crippen LogP contribution in [0.5, 0.6) is 11.5 Å². The quantitative estimate of drug-likeness (QED) is 0.782. The normalized spacial score (nSPS) is 11.7. The third-order valence-electron chi connectivity index (χ3n) is 3.18. The van der Waals surface area contributed by atoms with Crippen molar-refractivity contribution in [1.82, 2.24) is 0 Å². The standard InChI is InChI=1S/C18H23NO2/c1-3-16(21-17-10-6-5-7-11-17)14-19-15-9-8-12-18(13-15)20-4-2/h5-13,16,19H,3-4,14H2,1-2H3. The summed E-state index contributed by atoms with van der Waals surface area (Å²) in [7, 11) is 0. The second kappa shape index (κ2) is 8.20. The first-order valence-corrected chi connectivity index (χ1v) is 7.50. The van der Waals surface area contributed by atoms with Crippen molar-refractivity contribution in [1.29, 1.82) is 0 Å². The van der Waals surface area contributed by atoms with Gasteiger partial charge in [0.25, 0.3) is 0 Å². The fraction of sp³-hybridized carbons (Fsp3) is 0.333. The van der Waals surface area contributed by atoms with E-state index in [-0.39, 0.29) is 6.10 Å². The minimum atomic E-state index is 0.142. The fourth-order valence-corrected chi connectivity index (χ4v) is 2.06. The third kappa shape index (κ3) is 5.03. The number of anilines is 1. The number of ether oxygens (including phenoxy) is 2. The molecule has 0 aliphatic heterocycles. The lowest BCUT2D eigenvalue weighted by Crippen LogP contribution is -2.25.